The van der Waals surface area contributed by atoms with Crippen LogP contribution in [0.15, 0.2) is 18.2 Å². The third-order valence-corrected chi connectivity index (χ3v) is 3.05. The van der Waals surface area contributed by atoms with E-state index in [4.69, 9.17) is 4.74 Å². The lowest BCUT2D eigenvalue weighted by Crippen LogP contribution is -2.35. The van der Waals surface area contributed by atoms with E-state index in [0.29, 0.717) is 13.2 Å². The monoisotopic (exact) mass is 282 g/mol. The van der Waals surface area contributed by atoms with Crippen molar-refractivity contribution in [3.05, 3.63) is 35.1 Å². The molecule has 0 saturated heterocycles. The first kappa shape index (κ1) is 17.1. The Labute approximate surface area is 122 Å². The third kappa shape index (κ3) is 6.46. The Bertz CT molecular complexity index is 415. The molecular formula is C16H27FN2O. The smallest absolute Gasteiger partial charge is 0.127 e. The number of benzene rings is 1. The Morgan fingerprint density at radius 3 is 2.60 bits per heavy atom. The zero-order valence-corrected chi connectivity index (χ0v) is 13.3. The lowest BCUT2D eigenvalue weighted by molar-refractivity contribution is 0.158. The summed E-state index contributed by atoms with van der Waals surface area (Å²) < 4.78 is 18.9. The largest absolute Gasteiger partial charge is 0.383 e. The number of likely N-dealkylation sites (N-methyl/N-ethyl adjacent to an activating group) is 1. The van der Waals surface area contributed by atoms with Crippen LogP contribution in [0.5, 0.6) is 0 Å². The maximum Gasteiger partial charge on any atom is 0.127 e. The number of methoxy groups -OCH3 is 1. The van der Waals surface area contributed by atoms with Crippen LogP contribution in [0.3, 0.4) is 0 Å². The number of ether oxygens (including phenoxy) is 1. The summed E-state index contributed by atoms with van der Waals surface area (Å²) in [6, 6.07) is 5.34. The van der Waals surface area contributed by atoms with Gasteiger partial charge in [-0.05, 0) is 39.4 Å². The minimum absolute atomic E-state index is 0.0593. The predicted octanol–water partition coefficient (Wildman–Crippen LogP) is 2.79. The molecule has 20 heavy (non-hydrogen) atoms. The first-order chi connectivity index (χ1) is 9.31. The molecule has 0 atom stereocenters. The molecule has 0 aromatic heterocycles. The number of nitrogens with one attached hydrogen (secondary N) is 1. The Balaban J connectivity index is 2.66. The van der Waals surface area contributed by atoms with Gasteiger partial charge in [-0.3, -0.25) is 4.90 Å². The Hall–Kier alpha value is -0.970. The van der Waals surface area contributed by atoms with Gasteiger partial charge in [0.05, 0.1) is 6.61 Å². The fraction of sp³-hybridized carbons (Fsp3) is 0.625. The molecule has 0 unspecified atom stereocenters. The molecule has 0 heterocycles. The standard InChI is InChI=1S/C16H27FN2O/c1-16(2,3)18-11-13-6-7-15(17)14(10-13)12-19(4)8-9-20-5/h6-7,10,18H,8-9,11-12H2,1-5H3. The predicted molar refractivity (Wildman–Crippen MR) is 81.2 cm³/mol. The SMILES string of the molecule is COCCN(C)Cc1cc(CNC(C)(C)C)ccc1F. The first-order valence-electron chi connectivity index (χ1n) is 7.01. The molecule has 0 bridgehead atoms. The molecule has 1 N–H and O–H groups in total. The van der Waals surface area contributed by atoms with Crippen LogP contribution in [0.25, 0.3) is 0 Å². The molecule has 114 valence electrons. The maximum atomic E-state index is 13.8. The summed E-state index contributed by atoms with van der Waals surface area (Å²) in [7, 11) is 3.64. The van der Waals surface area contributed by atoms with E-state index in [1.165, 1.54) is 0 Å². The van der Waals surface area contributed by atoms with Crippen LogP contribution in [0.1, 0.15) is 31.9 Å². The van der Waals surface area contributed by atoms with Gasteiger partial charge >= 0.3 is 0 Å². The number of halogens is 1. The average Bonchev–Trinajstić information content (AvgIpc) is 2.36. The Morgan fingerprint density at radius 1 is 1.30 bits per heavy atom. The van der Waals surface area contributed by atoms with E-state index in [-0.39, 0.29) is 11.4 Å². The Kier molecular flexibility index (Phi) is 6.59. The minimum atomic E-state index is -0.145. The molecule has 1 aromatic rings. The van der Waals surface area contributed by atoms with E-state index in [9.17, 15) is 4.39 Å². The lowest BCUT2D eigenvalue weighted by Gasteiger charge is -2.21. The van der Waals surface area contributed by atoms with Crippen LogP contribution in [-0.2, 0) is 17.8 Å². The lowest BCUT2D eigenvalue weighted by atomic mass is 10.1. The zero-order valence-electron chi connectivity index (χ0n) is 13.3. The van der Waals surface area contributed by atoms with E-state index < -0.39 is 0 Å². The summed E-state index contributed by atoms with van der Waals surface area (Å²) in [4.78, 5) is 2.06. The van der Waals surface area contributed by atoms with Gasteiger partial charge in [0, 0.05) is 37.8 Å². The average molecular weight is 282 g/mol. The number of rotatable bonds is 7. The number of hydrogen-bond donors (Lipinski definition) is 1. The highest BCUT2D eigenvalue weighted by Gasteiger charge is 2.10. The molecular weight excluding hydrogens is 255 g/mol. The molecule has 0 saturated carbocycles. The molecule has 0 spiro atoms. The highest BCUT2D eigenvalue weighted by molar-refractivity contribution is 5.25. The normalized spacial score (nSPS) is 12.2. The van der Waals surface area contributed by atoms with E-state index >= 15 is 0 Å². The number of hydrogen-bond acceptors (Lipinski definition) is 3. The summed E-state index contributed by atoms with van der Waals surface area (Å²) in [5.74, 6) is -0.145. The second kappa shape index (κ2) is 7.72. The van der Waals surface area contributed by atoms with E-state index in [1.807, 2.05) is 19.2 Å². The van der Waals surface area contributed by atoms with Gasteiger partial charge < -0.3 is 10.1 Å². The highest BCUT2D eigenvalue weighted by Crippen LogP contribution is 2.13. The van der Waals surface area contributed by atoms with Gasteiger partial charge in [0.15, 0.2) is 0 Å². The fourth-order valence-corrected chi connectivity index (χ4v) is 1.84. The molecule has 0 aliphatic heterocycles. The molecule has 4 heteroatoms. The van der Waals surface area contributed by atoms with Gasteiger partial charge in [-0.25, -0.2) is 4.39 Å². The van der Waals surface area contributed by atoms with Crippen molar-refractivity contribution in [2.24, 2.45) is 0 Å². The van der Waals surface area contributed by atoms with Crippen LogP contribution in [0.2, 0.25) is 0 Å². The molecule has 0 amide bonds. The highest BCUT2D eigenvalue weighted by atomic mass is 19.1. The van der Waals surface area contributed by atoms with E-state index in [1.54, 1.807) is 13.2 Å². The zero-order chi connectivity index (χ0) is 15.2. The van der Waals surface area contributed by atoms with Gasteiger partial charge in [-0.15, -0.1) is 0 Å². The van der Waals surface area contributed by atoms with Crippen molar-refractivity contribution >= 4 is 0 Å². The number of nitrogens with zero attached hydrogens (tertiary/aromatic N) is 1. The Morgan fingerprint density at radius 2 is 2.00 bits per heavy atom. The molecule has 0 aliphatic rings. The molecule has 1 aromatic carbocycles. The first-order valence-corrected chi connectivity index (χ1v) is 7.01. The summed E-state index contributed by atoms with van der Waals surface area (Å²) in [5.41, 5.74) is 1.90. The van der Waals surface area contributed by atoms with Crippen LogP contribution in [-0.4, -0.2) is 37.7 Å². The molecule has 0 fully saturated rings. The summed E-state index contributed by atoms with van der Waals surface area (Å²) in [6.07, 6.45) is 0. The van der Waals surface area contributed by atoms with Crippen molar-refractivity contribution < 1.29 is 9.13 Å². The molecule has 0 radical (unpaired) electrons. The van der Waals surface area contributed by atoms with Crippen LogP contribution >= 0.6 is 0 Å². The summed E-state index contributed by atoms with van der Waals surface area (Å²) in [6.45, 7) is 9.16. The van der Waals surface area contributed by atoms with Crippen molar-refractivity contribution in [1.82, 2.24) is 10.2 Å². The van der Waals surface area contributed by atoms with Gasteiger partial charge in [0.25, 0.3) is 0 Å². The van der Waals surface area contributed by atoms with Gasteiger partial charge in [0.1, 0.15) is 5.82 Å². The van der Waals surface area contributed by atoms with Gasteiger partial charge in [-0.2, -0.15) is 0 Å². The fourth-order valence-electron chi connectivity index (χ4n) is 1.84. The van der Waals surface area contributed by atoms with Crippen molar-refractivity contribution in [2.75, 3.05) is 27.3 Å². The molecule has 1 rings (SSSR count). The van der Waals surface area contributed by atoms with Crippen LogP contribution in [0.4, 0.5) is 4.39 Å². The van der Waals surface area contributed by atoms with Crippen molar-refractivity contribution in [3.63, 3.8) is 0 Å². The van der Waals surface area contributed by atoms with Crippen molar-refractivity contribution in [2.45, 2.75) is 39.4 Å². The minimum Gasteiger partial charge on any atom is -0.383 e. The third-order valence-electron chi connectivity index (χ3n) is 3.05. The molecule has 3 nitrogen and oxygen atoms in total. The second-order valence-corrected chi connectivity index (χ2v) is 6.26. The van der Waals surface area contributed by atoms with Gasteiger partial charge in [0.2, 0.25) is 0 Å². The van der Waals surface area contributed by atoms with E-state index in [2.05, 4.69) is 31.0 Å². The summed E-state index contributed by atoms with van der Waals surface area (Å²) >= 11 is 0. The topological polar surface area (TPSA) is 24.5 Å². The van der Waals surface area contributed by atoms with Crippen LogP contribution in [0, 0.1) is 5.82 Å². The second-order valence-electron chi connectivity index (χ2n) is 6.26. The van der Waals surface area contributed by atoms with Crippen LogP contribution < -0.4 is 5.32 Å². The molecule has 0 aliphatic carbocycles. The van der Waals surface area contributed by atoms with Crippen molar-refractivity contribution in [3.8, 4) is 0 Å². The van der Waals surface area contributed by atoms with E-state index in [0.717, 1.165) is 24.2 Å². The maximum absolute atomic E-state index is 13.8. The van der Waals surface area contributed by atoms with Crippen molar-refractivity contribution in [1.29, 1.82) is 0 Å². The summed E-state index contributed by atoms with van der Waals surface area (Å²) in [5, 5.41) is 3.42. The quantitative estimate of drug-likeness (QED) is 0.832. The van der Waals surface area contributed by atoms with Gasteiger partial charge in [-0.1, -0.05) is 12.1 Å².